The molecule has 148 valence electrons. The van der Waals surface area contributed by atoms with Crippen LogP contribution in [-0.4, -0.2) is 0 Å². The van der Waals surface area contributed by atoms with E-state index in [0.717, 1.165) is 12.8 Å². The molecule has 0 saturated heterocycles. The van der Waals surface area contributed by atoms with E-state index in [1.54, 1.807) is 0 Å². The summed E-state index contributed by atoms with van der Waals surface area (Å²) in [6.07, 6.45) is 1.99. The Morgan fingerprint density at radius 2 is 1.00 bits per heavy atom. The summed E-state index contributed by atoms with van der Waals surface area (Å²) >= 11 is 0. The van der Waals surface area contributed by atoms with Crippen molar-refractivity contribution in [1.29, 1.82) is 0 Å². The van der Waals surface area contributed by atoms with Gasteiger partial charge in [0.05, 0.1) is 11.2 Å². The van der Waals surface area contributed by atoms with Crippen LogP contribution in [0.2, 0.25) is 0 Å². The van der Waals surface area contributed by atoms with Gasteiger partial charge in [0.25, 0.3) is 0 Å². The summed E-state index contributed by atoms with van der Waals surface area (Å²) in [5, 5.41) is 0. The molecule has 0 aliphatic carbocycles. The number of aryl methyl sites for hydroxylation is 2. The average molecular weight is 367 g/mol. The first-order valence-electron chi connectivity index (χ1n) is 10.4. The number of benzene rings is 2. The molecule has 1 heteroatoms. The van der Waals surface area contributed by atoms with Crippen molar-refractivity contribution >= 4 is 0 Å². The van der Waals surface area contributed by atoms with E-state index in [-0.39, 0.29) is 11.2 Å². The van der Waals surface area contributed by atoms with Gasteiger partial charge >= 0.3 is 0 Å². The highest BCUT2D eigenvalue weighted by molar-refractivity contribution is 5.34. The highest BCUT2D eigenvalue weighted by Gasteiger charge is 2.40. The molecule has 0 amide bonds. The quantitative estimate of drug-likeness (QED) is 0.469. The Kier molecular flexibility index (Phi) is 6.92. The van der Waals surface area contributed by atoms with Crippen molar-refractivity contribution in [3.63, 3.8) is 0 Å². The molecule has 0 saturated carbocycles. The highest BCUT2D eigenvalue weighted by Crippen LogP contribution is 2.44. The van der Waals surface area contributed by atoms with Crippen LogP contribution in [0.1, 0.15) is 76.6 Å². The number of rotatable bonds is 8. The molecule has 2 rings (SSSR count). The van der Waals surface area contributed by atoms with Crippen LogP contribution in [0, 0.1) is 25.7 Å². The molecule has 0 aliphatic rings. The molecule has 0 spiro atoms. The number of hydrogen-bond donors (Lipinski definition) is 0. The summed E-state index contributed by atoms with van der Waals surface area (Å²) in [6, 6.07) is 17.4. The summed E-state index contributed by atoms with van der Waals surface area (Å²) in [7, 11) is 0. The zero-order chi connectivity index (χ0) is 20.2. The van der Waals surface area contributed by atoms with Crippen molar-refractivity contribution < 1.29 is 4.74 Å². The van der Waals surface area contributed by atoms with E-state index >= 15 is 0 Å². The molecule has 0 fully saturated rings. The normalized spacial score (nSPS) is 16.4. The monoisotopic (exact) mass is 366 g/mol. The summed E-state index contributed by atoms with van der Waals surface area (Å²) < 4.78 is 7.18. The van der Waals surface area contributed by atoms with Crippen molar-refractivity contribution in [1.82, 2.24) is 0 Å². The maximum Gasteiger partial charge on any atom is 0.0920 e. The van der Waals surface area contributed by atoms with Gasteiger partial charge < -0.3 is 4.74 Å². The second-order valence-electron chi connectivity index (χ2n) is 9.39. The van der Waals surface area contributed by atoms with Gasteiger partial charge in [0, 0.05) is 0 Å². The minimum atomic E-state index is -0.328. The van der Waals surface area contributed by atoms with E-state index in [1.165, 1.54) is 22.3 Å². The van der Waals surface area contributed by atoms with Gasteiger partial charge in [-0.05, 0) is 74.6 Å². The molecular formula is C26H38O. The molecule has 0 bridgehead atoms. The van der Waals surface area contributed by atoms with Crippen LogP contribution >= 0.6 is 0 Å². The van der Waals surface area contributed by atoms with Gasteiger partial charge in [0.2, 0.25) is 0 Å². The van der Waals surface area contributed by atoms with Crippen LogP contribution in [0.4, 0.5) is 0 Å². The van der Waals surface area contributed by atoms with Gasteiger partial charge in [0.15, 0.2) is 0 Å². The van der Waals surface area contributed by atoms with Crippen LogP contribution in [0.15, 0.2) is 48.5 Å². The van der Waals surface area contributed by atoms with Gasteiger partial charge in [-0.3, -0.25) is 0 Å². The molecule has 1 nitrogen and oxygen atoms in total. The van der Waals surface area contributed by atoms with Crippen LogP contribution in [0.3, 0.4) is 0 Å². The summed E-state index contributed by atoms with van der Waals surface area (Å²) in [5.74, 6) is 1.10. The highest BCUT2D eigenvalue weighted by atomic mass is 16.5. The molecule has 2 aromatic carbocycles. The SMILES string of the molecule is Cc1ccccc1C(C)(CC(C)C)OC(C)(CC(C)C)c1ccccc1C. The number of hydrogen-bond acceptors (Lipinski definition) is 1. The molecule has 0 radical (unpaired) electrons. The predicted octanol–water partition coefficient (Wildman–Crippen LogP) is 7.54. The minimum absolute atomic E-state index is 0.328. The summed E-state index contributed by atoms with van der Waals surface area (Å²) in [4.78, 5) is 0. The van der Waals surface area contributed by atoms with Gasteiger partial charge in [0.1, 0.15) is 0 Å². The topological polar surface area (TPSA) is 9.23 Å². The van der Waals surface area contributed by atoms with Crippen molar-refractivity contribution in [3.05, 3.63) is 70.8 Å². The first kappa shape index (κ1) is 21.7. The second-order valence-corrected chi connectivity index (χ2v) is 9.39. The summed E-state index contributed by atoms with van der Waals surface area (Å²) in [6.45, 7) is 18.1. The predicted molar refractivity (Wildman–Crippen MR) is 117 cm³/mol. The fourth-order valence-electron chi connectivity index (χ4n) is 4.80. The Labute approximate surface area is 167 Å². The Bertz CT molecular complexity index is 682. The van der Waals surface area contributed by atoms with E-state index in [9.17, 15) is 0 Å². The van der Waals surface area contributed by atoms with E-state index in [0.29, 0.717) is 11.8 Å². The van der Waals surface area contributed by atoms with Crippen molar-refractivity contribution in [3.8, 4) is 0 Å². The van der Waals surface area contributed by atoms with Crippen LogP contribution < -0.4 is 0 Å². The zero-order valence-corrected chi connectivity index (χ0v) is 18.6. The Morgan fingerprint density at radius 1 is 0.667 bits per heavy atom. The third-order valence-corrected chi connectivity index (χ3v) is 5.48. The first-order valence-corrected chi connectivity index (χ1v) is 10.4. The third kappa shape index (κ3) is 5.23. The Hall–Kier alpha value is -1.60. The lowest BCUT2D eigenvalue weighted by Gasteiger charge is -2.44. The zero-order valence-electron chi connectivity index (χ0n) is 18.6. The first-order chi connectivity index (χ1) is 12.6. The van der Waals surface area contributed by atoms with Crippen molar-refractivity contribution in [2.24, 2.45) is 11.8 Å². The molecule has 0 heterocycles. The van der Waals surface area contributed by atoms with Gasteiger partial charge in [-0.25, -0.2) is 0 Å². The largest absolute Gasteiger partial charge is 0.360 e. The molecule has 2 aromatic rings. The van der Waals surface area contributed by atoms with E-state index in [4.69, 9.17) is 4.74 Å². The molecule has 27 heavy (non-hydrogen) atoms. The Balaban J connectivity index is 2.57. The molecule has 0 N–H and O–H groups in total. The molecule has 2 unspecified atom stereocenters. The summed E-state index contributed by atoms with van der Waals surface area (Å²) in [5.41, 5.74) is 4.57. The molecule has 0 aromatic heterocycles. The maximum absolute atomic E-state index is 7.18. The minimum Gasteiger partial charge on any atom is -0.360 e. The van der Waals surface area contributed by atoms with Gasteiger partial charge in [-0.1, -0.05) is 76.2 Å². The number of ether oxygens (including phenoxy) is 1. The second kappa shape index (κ2) is 8.61. The Morgan fingerprint density at radius 3 is 1.30 bits per heavy atom. The smallest absolute Gasteiger partial charge is 0.0920 e. The van der Waals surface area contributed by atoms with Crippen LogP contribution in [-0.2, 0) is 15.9 Å². The van der Waals surface area contributed by atoms with Gasteiger partial charge in [-0.15, -0.1) is 0 Å². The standard InChI is InChI=1S/C26H38O/c1-19(2)17-25(7,23-15-11-9-13-21(23)5)27-26(8,18-20(3)4)24-16-12-10-14-22(24)6/h9-16,19-20H,17-18H2,1-8H3. The molecule has 0 aliphatic heterocycles. The van der Waals surface area contributed by atoms with Crippen LogP contribution in [0.25, 0.3) is 0 Å². The van der Waals surface area contributed by atoms with Crippen molar-refractivity contribution in [2.45, 2.75) is 79.4 Å². The average Bonchev–Trinajstić information content (AvgIpc) is 2.53. The fourth-order valence-corrected chi connectivity index (χ4v) is 4.80. The fraction of sp³-hybridized carbons (Fsp3) is 0.538. The lowest BCUT2D eigenvalue weighted by molar-refractivity contribution is -0.167. The van der Waals surface area contributed by atoms with E-state index < -0.39 is 0 Å². The van der Waals surface area contributed by atoms with E-state index in [1.807, 2.05) is 0 Å². The van der Waals surface area contributed by atoms with Crippen molar-refractivity contribution in [2.75, 3.05) is 0 Å². The lowest BCUT2D eigenvalue weighted by atomic mass is 9.80. The maximum atomic E-state index is 7.18. The van der Waals surface area contributed by atoms with E-state index in [2.05, 4.69) is 104 Å². The molecular weight excluding hydrogens is 328 g/mol. The van der Waals surface area contributed by atoms with Gasteiger partial charge in [-0.2, -0.15) is 0 Å². The van der Waals surface area contributed by atoms with Crippen LogP contribution in [0.5, 0.6) is 0 Å². The third-order valence-electron chi connectivity index (χ3n) is 5.48. The lowest BCUT2D eigenvalue weighted by Crippen LogP contribution is -2.40. The molecule has 2 atom stereocenters.